The molecule has 60 valence electrons. The van der Waals surface area contributed by atoms with Crippen molar-refractivity contribution in [3.63, 3.8) is 0 Å². The Bertz CT molecular complexity index is 189. The van der Waals surface area contributed by atoms with Crippen LogP contribution in [0.15, 0.2) is 30.3 Å². The van der Waals surface area contributed by atoms with Gasteiger partial charge in [0.1, 0.15) is 0 Å². The molecule has 0 fully saturated rings. The average molecular weight is 152 g/mol. The summed E-state index contributed by atoms with van der Waals surface area (Å²) in [7, 11) is 0. The topological polar surface area (TPSA) is 47.3 Å². The van der Waals surface area contributed by atoms with Crippen LogP contribution in [0.2, 0.25) is 0 Å². The Morgan fingerprint density at radius 2 is 2.00 bits per heavy atom. The molecular weight excluding hydrogens is 140 g/mol. The molecule has 0 saturated heterocycles. The molecule has 3 heteroatoms. The van der Waals surface area contributed by atoms with Gasteiger partial charge in [0.25, 0.3) is 0 Å². The van der Waals surface area contributed by atoms with E-state index in [9.17, 15) is 0 Å². The molecule has 3 nitrogen and oxygen atoms in total. The van der Waals surface area contributed by atoms with Crippen molar-refractivity contribution < 1.29 is 4.84 Å². The van der Waals surface area contributed by atoms with Crippen molar-refractivity contribution in [3.05, 3.63) is 30.3 Å². The quantitative estimate of drug-likeness (QED) is 0.499. The minimum Gasteiger partial charge on any atom is -0.383 e. The zero-order valence-electron chi connectivity index (χ0n) is 6.29. The lowest BCUT2D eigenvalue weighted by atomic mass is 10.3. The molecule has 3 N–H and O–H groups in total. The maximum absolute atomic E-state index is 4.85. The van der Waals surface area contributed by atoms with Crippen LogP contribution in [0.25, 0.3) is 0 Å². The molecule has 0 aromatic heterocycles. The number of rotatable bonds is 4. The summed E-state index contributed by atoms with van der Waals surface area (Å²) in [5, 5.41) is 3.14. The van der Waals surface area contributed by atoms with Crippen LogP contribution in [0.4, 0.5) is 5.69 Å². The first kappa shape index (κ1) is 8.04. The highest BCUT2D eigenvalue weighted by Gasteiger charge is 1.86. The van der Waals surface area contributed by atoms with Crippen LogP contribution in [0.1, 0.15) is 0 Å². The SMILES string of the molecule is NOCCNc1ccccc1. The highest BCUT2D eigenvalue weighted by atomic mass is 16.6. The van der Waals surface area contributed by atoms with Crippen molar-refractivity contribution in [2.24, 2.45) is 5.90 Å². The number of hydrogen-bond acceptors (Lipinski definition) is 3. The van der Waals surface area contributed by atoms with Gasteiger partial charge in [-0.15, -0.1) is 0 Å². The van der Waals surface area contributed by atoms with E-state index in [1.54, 1.807) is 0 Å². The molecule has 1 aromatic carbocycles. The molecular formula is C8H12N2O. The molecule has 0 aliphatic rings. The van der Waals surface area contributed by atoms with Gasteiger partial charge in [0.2, 0.25) is 0 Å². The Hall–Kier alpha value is -1.06. The first-order valence-corrected chi connectivity index (χ1v) is 3.54. The summed E-state index contributed by atoms with van der Waals surface area (Å²) in [6.45, 7) is 1.26. The van der Waals surface area contributed by atoms with Crippen molar-refractivity contribution in [2.75, 3.05) is 18.5 Å². The fourth-order valence-corrected chi connectivity index (χ4v) is 0.810. The van der Waals surface area contributed by atoms with Crippen LogP contribution in [-0.2, 0) is 4.84 Å². The molecule has 1 aromatic rings. The first-order valence-electron chi connectivity index (χ1n) is 3.54. The Balaban J connectivity index is 2.28. The van der Waals surface area contributed by atoms with Crippen LogP contribution < -0.4 is 11.2 Å². The number of para-hydroxylation sites is 1. The molecule has 0 spiro atoms. The van der Waals surface area contributed by atoms with Gasteiger partial charge in [-0.3, -0.25) is 0 Å². The molecule has 0 amide bonds. The number of anilines is 1. The Morgan fingerprint density at radius 3 is 2.64 bits per heavy atom. The second-order valence-electron chi connectivity index (χ2n) is 2.16. The van der Waals surface area contributed by atoms with E-state index in [1.807, 2.05) is 30.3 Å². The third-order valence-corrected chi connectivity index (χ3v) is 1.32. The number of nitrogens with two attached hydrogens (primary N) is 1. The molecule has 0 heterocycles. The maximum Gasteiger partial charge on any atom is 0.0851 e. The molecule has 0 radical (unpaired) electrons. The molecule has 1 rings (SSSR count). The highest BCUT2D eigenvalue weighted by molar-refractivity contribution is 5.42. The van der Waals surface area contributed by atoms with Crippen LogP contribution in [0.3, 0.4) is 0 Å². The van der Waals surface area contributed by atoms with E-state index >= 15 is 0 Å². The van der Waals surface area contributed by atoms with E-state index in [0.717, 1.165) is 12.2 Å². The molecule has 0 bridgehead atoms. The fraction of sp³-hybridized carbons (Fsp3) is 0.250. The van der Waals surface area contributed by atoms with Gasteiger partial charge in [-0.2, -0.15) is 0 Å². The monoisotopic (exact) mass is 152 g/mol. The lowest BCUT2D eigenvalue weighted by Gasteiger charge is -2.03. The van der Waals surface area contributed by atoms with E-state index in [2.05, 4.69) is 10.2 Å². The van der Waals surface area contributed by atoms with E-state index in [4.69, 9.17) is 5.90 Å². The Labute approximate surface area is 66.1 Å². The normalized spacial score (nSPS) is 9.55. The van der Waals surface area contributed by atoms with Crippen molar-refractivity contribution in [3.8, 4) is 0 Å². The van der Waals surface area contributed by atoms with Crippen molar-refractivity contribution >= 4 is 5.69 Å². The Kier molecular flexibility index (Phi) is 3.44. The molecule has 11 heavy (non-hydrogen) atoms. The molecule has 0 aliphatic carbocycles. The highest BCUT2D eigenvalue weighted by Crippen LogP contribution is 2.03. The third kappa shape index (κ3) is 3.02. The number of benzene rings is 1. The minimum atomic E-state index is 0.523. The van der Waals surface area contributed by atoms with Crippen LogP contribution in [-0.4, -0.2) is 13.2 Å². The first-order chi connectivity index (χ1) is 5.43. The zero-order chi connectivity index (χ0) is 7.94. The van der Waals surface area contributed by atoms with E-state index in [-0.39, 0.29) is 0 Å². The van der Waals surface area contributed by atoms with Gasteiger partial charge in [-0.25, -0.2) is 5.90 Å². The minimum absolute atomic E-state index is 0.523. The summed E-state index contributed by atoms with van der Waals surface area (Å²) in [5.41, 5.74) is 1.09. The predicted molar refractivity (Wildman–Crippen MR) is 45.1 cm³/mol. The van der Waals surface area contributed by atoms with Gasteiger partial charge in [-0.1, -0.05) is 18.2 Å². The fourth-order valence-electron chi connectivity index (χ4n) is 0.810. The second kappa shape index (κ2) is 4.71. The van der Waals surface area contributed by atoms with E-state index in [1.165, 1.54) is 0 Å². The number of nitrogens with one attached hydrogen (secondary N) is 1. The van der Waals surface area contributed by atoms with Crippen LogP contribution >= 0.6 is 0 Å². The number of hydrogen-bond donors (Lipinski definition) is 2. The predicted octanol–water partition coefficient (Wildman–Crippen LogP) is 0.989. The second-order valence-corrected chi connectivity index (χ2v) is 2.16. The summed E-state index contributed by atoms with van der Waals surface area (Å²) < 4.78 is 0. The van der Waals surface area contributed by atoms with Crippen molar-refractivity contribution in [2.45, 2.75) is 0 Å². The summed E-state index contributed by atoms with van der Waals surface area (Å²) in [5.74, 6) is 4.85. The lowest BCUT2D eigenvalue weighted by molar-refractivity contribution is 0.148. The summed E-state index contributed by atoms with van der Waals surface area (Å²) in [6.07, 6.45) is 0. The molecule has 0 aliphatic heterocycles. The smallest absolute Gasteiger partial charge is 0.0851 e. The largest absolute Gasteiger partial charge is 0.383 e. The summed E-state index contributed by atoms with van der Waals surface area (Å²) in [6, 6.07) is 9.93. The summed E-state index contributed by atoms with van der Waals surface area (Å²) in [4.78, 5) is 4.40. The standard InChI is InChI=1S/C8H12N2O/c9-11-7-6-10-8-4-2-1-3-5-8/h1-5,10H,6-7,9H2. The maximum atomic E-state index is 4.85. The van der Waals surface area contributed by atoms with E-state index < -0.39 is 0 Å². The van der Waals surface area contributed by atoms with Gasteiger partial charge >= 0.3 is 0 Å². The summed E-state index contributed by atoms with van der Waals surface area (Å²) >= 11 is 0. The van der Waals surface area contributed by atoms with Gasteiger partial charge in [0, 0.05) is 12.2 Å². The van der Waals surface area contributed by atoms with Crippen molar-refractivity contribution in [1.29, 1.82) is 0 Å². The van der Waals surface area contributed by atoms with Gasteiger partial charge < -0.3 is 10.2 Å². The van der Waals surface area contributed by atoms with Gasteiger partial charge in [0.05, 0.1) is 6.61 Å². The van der Waals surface area contributed by atoms with E-state index in [0.29, 0.717) is 6.61 Å². The average Bonchev–Trinajstić information content (AvgIpc) is 2.07. The van der Waals surface area contributed by atoms with Crippen LogP contribution in [0, 0.1) is 0 Å². The van der Waals surface area contributed by atoms with Gasteiger partial charge in [-0.05, 0) is 12.1 Å². The Morgan fingerprint density at radius 1 is 1.27 bits per heavy atom. The molecule has 0 atom stereocenters. The molecule has 0 saturated carbocycles. The lowest BCUT2D eigenvalue weighted by Crippen LogP contribution is -2.11. The zero-order valence-corrected chi connectivity index (χ0v) is 6.29. The van der Waals surface area contributed by atoms with Crippen molar-refractivity contribution in [1.82, 2.24) is 0 Å². The third-order valence-electron chi connectivity index (χ3n) is 1.32. The molecule has 0 unspecified atom stereocenters. The van der Waals surface area contributed by atoms with Crippen LogP contribution in [0.5, 0.6) is 0 Å². The van der Waals surface area contributed by atoms with Gasteiger partial charge in [0.15, 0.2) is 0 Å².